The molecule has 0 saturated carbocycles. The number of hydrogen-bond donors (Lipinski definition) is 2. The Hall–Kier alpha value is -1.17. The first-order chi connectivity index (χ1) is 9.54. The van der Waals surface area contributed by atoms with Crippen LogP contribution in [0.4, 0.5) is 5.69 Å². The molecule has 0 spiro atoms. The number of hydrogen-bond acceptors (Lipinski definition) is 2. The van der Waals surface area contributed by atoms with Gasteiger partial charge in [-0.1, -0.05) is 50.1 Å². The average Bonchev–Trinajstić information content (AvgIpc) is 2.77. The van der Waals surface area contributed by atoms with Crippen LogP contribution in [0, 0.1) is 0 Å². The molecule has 1 atom stereocenters. The van der Waals surface area contributed by atoms with Gasteiger partial charge >= 0.3 is 0 Å². The van der Waals surface area contributed by atoms with Crippen LogP contribution in [0.25, 0.3) is 0 Å². The maximum Gasteiger partial charge on any atom is 0.228 e. The van der Waals surface area contributed by atoms with Crippen molar-refractivity contribution in [3.8, 4) is 0 Å². The van der Waals surface area contributed by atoms with Gasteiger partial charge in [0, 0.05) is 14.6 Å². The van der Waals surface area contributed by atoms with Crippen molar-refractivity contribution in [3.63, 3.8) is 0 Å². The summed E-state index contributed by atoms with van der Waals surface area (Å²) in [6, 6.07) is 11.6. The van der Waals surface area contributed by atoms with Crippen molar-refractivity contribution in [2.45, 2.75) is 12.5 Å². The summed E-state index contributed by atoms with van der Waals surface area (Å²) < 4.78 is 1.97. The molecule has 1 aliphatic rings. The van der Waals surface area contributed by atoms with Crippen LogP contribution in [0.3, 0.4) is 0 Å². The molecule has 0 fully saturated rings. The zero-order chi connectivity index (χ0) is 14.3. The monoisotopic (exact) mass is 394 g/mol. The largest absolute Gasteiger partial charge is 0.326 e. The number of carbonyl (C=O) groups is 1. The topological polar surface area (TPSA) is 55.1 Å². The Morgan fingerprint density at radius 2 is 1.95 bits per heavy atom. The highest BCUT2D eigenvalue weighted by Gasteiger charge is 2.20. The number of anilines is 1. The number of nitrogens with one attached hydrogen (secondary N) is 1. The lowest BCUT2D eigenvalue weighted by Gasteiger charge is -2.15. The van der Waals surface area contributed by atoms with E-state index in [0.29, 0.717) is 6.42 Å². The molecular weight excluding hydrogens is 384 g/mol. The second kappa shape index (κ2) is 5.31. The highest BCUT2D eigenvalue weighted by Crippen LogP contribution is 2.32. The number of amides is 1. The van der Waals surface area contributed by atoms with E-state index in [1.54, 1.807) is 0 Å². The quantitative estimate of drug-likeness (QED) is 0.813. The fraction of sp³-hybridized carbons (Fsp3) is 0.133. The Morgan fingerprint density at radius 3 is 2.70 bits per heavy atom. The fourth-order valence-electron chi connectivity index (χ4n) is 2.38. The predicted octanol–water partition coefficient (Wildman–Crippen LogP) is 3.75. The molecule has 2 aromatic carbocycles. The molecule has 1 amide bonds. The molecule has 0 radical (unpaired) electrons. The summed E-state index contributed by atoms with van der Waals surface area (Å²) in [7, 11) is 0. The van der Waals surface area contributed by atoms with Gasteiger partial charge in [-0.2, -0.15) is 0 Å². The van der Waals surface area contributed by atoms with Gasteiger partial charge in [-0.05, 0) is 34.9 Å². The summed E-state index contributed by atoms with van der Waals surface area (Å²) in [6.07, 6.45) is 0.428. The lowest BCUT2D eigenvalue weighted by Crippen LogP contribution is -2.12. The molecule has 102 valence electrons. The minimum Gasteiger partial charge on any atom is -0.326 e. The van der Waals surface area contributed by atoms with Crippen molar-refractivity contribution >= 4 is 43.5 Å². The first-order valence-electron chi connectivity index (χ1n) is 6.18. The number of benzene rings is 2. The molecule has 3 N–H and O–H groups in total. The Balaban J connectivity index is 1.97. The second-order valence-electron chi connectivity index (χ2n) is 4.79. The van der Waals surface area contributed by atoms with Crippen LogP contribution in [0.2, 0.25) is 0 Å². The molecular formula is C15H12Br2N2O. The average molecular weight is 396 g/mol. The highest BCUT2D eigenvalue weighted by molar-refractivity contribution is 9.11. The minimum absolute atomic E-state index is 0.0375. The molecule has 0 aromatic heterocycles. The number of rotatable bonds is 2. The van der Waals surface area contributed by atoms with E-state index in [-0.39, 0.29) is 11.9 Å². The Bertz CT molecular complexity index is 700. The third-order valence-corrected chi connectivity index (χ3v) is 4.59. The molecule has 5 heteroatoms. The fourth-order valence-corrected chi connectivity index (χ4v) is 3.67. The van der Waals surface area contributed by atoms with E-state index in [2.05, 4.69) is 37.2 Å². The van der Waals surface area contributed by atoms with E-state index in [9.17, 15) is 4.79 Å². The Morgan fingerprint density at radius 1 is 1.15 bits per heavy atom. The van der Waals surface area contributed by atoms with E-state index >= 15 is 0 Å². The Labute approximate surface area is 133 Å². The van der Waals surface area contributed by atoms with Crippen molar-refractivity contribution in [2.24, 2.45) is 5.73 Å². The molecule has 3 rings (SSSR count). The van der Waals surface area contributed by atoms with E-state index in [1.165, 1.54) is 0 Å². The van der Waals surface area contributed by atoms with Gasteiger partial charge in [0.15, 0.2) is 0 Å². The number of halogens is 2. The van der Waals surface area contributed by atoms with Crippen LogP contribution in [-0.4, -0.2) is 5.91 Å². The number of carbonyl (C=O) groups excluding carboxylic acids is 1. The zero-order valence-corrected chi connectivity index (χ0v) is 13.7. The number of nitrogens with two attached hydrogens (primary N) is 1. The lowest BCUT2D eigenvalue weighted by molar-refractivity contribution is -0.115. The summed E-state index contributed by atoms with van der Waals surface area (Å²) in [4.78, 5) is 11.4. The summed E-state index contributed by atoms with van der Waals surface area (Å²) in [5, 5.41) is 2.83. The SMILES string of the molecule is NC(c1ccc2c(c1)CC(=O)N2)c1ccc(Br)cc1Br. The van der Waals surface area contributed by atoms with Gasteiger partial charge in [0.25, 0.3) is 0 Å². The molecule has 0 bridgehead atoms. The van der Waals surface area contributed by atoms with E-state index in [4.69, 9.17) is 5.73 Å². The molecule has 0 saturated heterocycles. The van der Waals surface area contributed by atoms with Crippen molar-refractivity contribution in [2.75, 3.05) is 5.32 Å². The normalized spacial score (nSPS) is 14.8. The van der Waals surface area contributed by atoms with Crippen LogP contribution in [0.1, 0.15) is 22.7 Å². The van der Waals surface area contributed by atoms with Gasteiger partial charge in [0.05, 0.1) is 12.5 Å². The molecule has 2 aromatic rings. The molecule has 1 unspecified atom stereocenters. The van der Waals surface area contributed by atoms with Crippen LogP contribution < -0.4 is 11.1 Å². The van der Waals surface area contributed by atoms with Crippen LogP contribution >= 0.6 is 31.9 Å². The maximum atomic E-state index is 11.4. The molecule has 20 heavy (non-hydrogen) atoms. The summed E-state index contributed by atoms with van der Waals surface area (Å²) in [5.74, 6) is 0.0375. The smallest absolute Gasteiger partial charge is 0.228 e. The zero-order valence-electron chi connectivity index (χ0n) is 10.5. The summed E-state index contributed by atoms with van der Waals surface area (Å²) in [5.41, 5.74) is 10.3. The molecule has 3 nitrogen and oxygen atoms in total. The third-order valence-electron chi connectivity index (χ3n) is 3.41. The van der Waals surface area contributed by atoms with Crippen LogP contribution in [0.15, 0.2) is 45.3 Å². The first kappa shape index (κ1) is 13.8. The maximum absolute atomic E-state index is 11.4. The standard InChI is InChI=1S/C15H12Br2N2O/c16-10-2-3-11(12(17)7-10)15(18)8-1-4-13-9(5-8)6-14(20)19-13/h1-5,7,15H,6,18H2,(H,19,20). The van der Waals surface area contributed by atoms with Crippen molar-refractivity contribution in [1.29, 1.82) is 0 Å². The summed E-state index contributed by atoms with van der Waals surface area (Å²) in [6.45, 7) is 0. The molecule has 1 aliphatic heterocycles. The van der Waals surface area contributed by atoms with Gasteiger partial charge in [0.2, 0.25) is 5.91 Å². The van der Waals surface area contributed by atoms with Gasteiger partial charge < -0.3 is 11.1 Å². The van der Waals surface area contributed by atoms with Crippen LogP contribution in [-0.2, 0) is 11.2 Å². The highest BCUT2D eigenvalue weighted by atomic mass is 79.9. The second-order valence-corrected chi connectivity index (χ2v) is 6.56. The van der Waals surface area contributed by atoms with Crippen molar-refractivity contribution in [3.05, 3.63) is 62.0 Å². The van der Waals surface area contributed by atoms with Gasteiger partial charge in [-0.25, -0.2) is 0 Å². The van der Waals surface area contributed by atoms with Gasteiger partial charge in [0.1, 0.15) is 0 Å². The van der Waals surface area contributed by atoms with Crippen molar-refractivity contribution < 1.29 is 4.79 Å². The van der Waals surface area contributed by atoms with E-state index in [1.807, 2.05) is 36.4 Å². The Kier molecular flexibility index (Phi) is 3.67. The first-order valence-corrected chi connectivity index (χ1v) is 7.76. The van der Waals surface area contributed by atoms with Gasteiger partial charge in [-0.3, -0.25) is 4.79 Å². The van der Waals surface area contributed by atoms with Crippen molar-refractivity contribution in [1.82, 2.24) is 0 Å². The summed E-state index contributed by atoms with van der Waals surface area (Å²) >= 11 is 6.97. The molecule has 1 heterocycles. The lowest BCUT2D eigenvalue weighted by atomic mass is 9.97. The third kappa shape index (κ3) is 2.53. The molecule has 0 aliphatic carbocycles. The van der Waals surface area contributed by atoms with Crippen LogP contribution in [0.5, 0.6) is 0 Å². The predicted molar refractivity (Wildman–Crippen MR) is 86.6 cm³/mol. The van der Waals surface area contributed by atoms with Gasteiger partial charge in [-0.15, -0.1) is 0 Å². The van der Waals surface area contributed by atoms with E-state index < -0.39 is 0 Å². The van der Waals surface area contributed by atoms with E-state index in [0.717, 1.165) is 31.3 Å². The minimum atomic E-state index is -0.224. The number of fused-ring (bicyclic) bond motifs is 1.